The molecule has 1 aromatic carbocycles. The summed E-state index contributed by atoms with van der Waals surface area (Å²) in [6.07, 6.45) is 7.08. The van der Waals surface area contributed by atoms with Crippen molar-refractivity contribution in [2.45, 2.75) is 6.54 Å². The molecule has 3 aromatic rings. The van der Waals surface area contributed by atoms with Crippen molar-refractivity contribution in [2.24, 2.45) is 7.05 Å². The average molecular weight is 350 g/mol. The molecule has 1 N–H and O–H groups in total. The van der Waals surface area contributed by atoms with E-state index in [0.717, 1.165) is 16.7 Å². The lowest BCUT2D eigenvalue weighted by Crippen LogP contribution is -2.25. The van der Waals surface area contributed by atoms with Crippen molar-refractivity contribution in [1.82, 2.24) is 20.1 Å². The van der Waals surface area contributed by atoms with Gasteiger partial charge in [0.25, 0.3) is 5.91 Å². The van der Waals surface area contributed by atoms with Gasteiger partial charge < -0.3 is 10.1 Å². The molecular formula is C19H18N4O3. The van der Waals surface area contributed by atoms with E-state index in [1.54, 1.807) is 47.5 Å². The molecule has 1 amide bonds. The number of hydrogen-bond acceptors (Lipinski definition) is 5. The van der Waals surface area contributed by atoms with Crippen molar-refractivity contribution >= 4 is 11.9 Å². The van der Waals surface area contributed by atoms with E-state index in [0.29, 0.717) is 0 Å². The first-order valence-electron chi connectivity index (χ1n) is 7.97. The predicted octanol–water partition coefficient (Wildman–Crippen LogP) is 2.20. The van der Waals surface area contributed by atoms with Gasteiger partial charge in [0.15, 0.2) is 0 Å². The first-order chi connectivity index (χ1) is 12.6. The van der Waals surface area contributed by atoms with E-state index in [1.165, 1.54) is 7.11 Å². The second kappa shape index (κ2) is 7.60. The van der Waals surface area contributed by atoms with E-state index in [1.807, 2.05) is 19.3 Å². The number of esters is 1. The van der Waals surface area contributed by atoms with E-state index in [4.69, 9.17) is 4.74 Å². The van der Waals surface area contributed by atoms with E-state index in [9.17, 15) is 9.59 Å². The van der Waals surface area contributed by atoms with Crippen molar-refractivity contribution in [3.8, 4) is 11.1 Å². The first kappa shape index (κ1) is 17.3. The Labute approximate surface area is 150 Å². The Morgan fingerprint density at radius 3 is 2.58 bits per heavy atom. The number of carbonyl (C=O) groups is 2. The zero-order chi connectivity index (χ0) is 18.5. The summed E-state index contributed by atoms with van der Waals surface area (Å²) in [5, 5.41) is 6.96. The van der Waals surface area contributed by atoms with Gasteiger partial charge in [-0.2, -0.15) is 5.10 Å². The van der Waals surface area contributed by atoms with Crippen LogP contribution in [0.15, 0.2) is 55.1 Å². The van der Waals surface area contributed by atoms with Crippen LogP contribution in [-0.4, -0.2) is 33.8 Å². The number of nitrogens with zero attached hydrogens (tertiary/aromatic N) is 3. The smallest absolute Gasteiger partial charge is 0.338 e. The third-order valence-corrected chi connectivity index (χ3v) is 3.86. The quantitative estimate of drug-likeness (QED) is 0.713. The fraction of sp³-hybridized carbons (Fsp3) is 0.158. The summed E-state index contributed by atoms with van der Waals surface area (Å²) in [6.45, 7) is 0.287. The number of benzene rings is 1. The molecule has 0 aliphatic heterocycles. The van der Waals surface area contributed by atoms with Gasteiger partial charge in [-0.15, -0.1) is 0 Å². The molecule has 0 aliphatic carbocycles. The minimum absolute atomic E-state index is 0.231. The number of aryl methyl sites for hydroxylation is 1. The second-order valence-electron chi connectivity index (χ2n) is 5.70. The van der Waals surface area contributed by atoms with Gasteiger partial charge in [0.1, 0.15) is 0 Å². The van der Waals surface area contributed by atoms with Crippen LogP contribution >= 0.6 is 0 Å². The van der Waals surface area contributed by atoms with Crippen molar-refractivity contribution in [2.75, 3.05) is 7.11 Å². The zero-order valence-corrected chi connectivity index (χ0v) is 14.5. The van der Waals surface area contributed by atoms with Gasteiger partial charge >= 0.3 is 5.97 Å². The van der Waals surface area contributed by atoms with Crippen molar-refractivity contribution in [1.29, 1.82) is 0 Å². The number of amides is 1. The molecule has 0 atom stereocenters. The third-order valence-electron chi connectivity index (χ3n) is 3.86. The highest BCUT2D eigenvalue weighted by Gasteiger charge is 2.16. The van der Waals surface area contributed by atoms with Crippen molar-refractivity contribution < 1.29 is 14.3 Å². The highest BCUT2D eigenvalue weighted by molar-refractivity contribution is 6.05. The molecule has 0 radical (unpaired) electrons. The molecule has 3 rings (SSSR count). The molecule has 0 saturated carbocycles. The number of ether oxygens (including phenoxy) is 1. The van der Waals surface area contributed by atoms with Gasteiger partial charge in [-0.05, 0) is 23.8 Å². The van der Waals surface area contributed by atoms with Crippen LogP contribution in [0, 0.1) is 0 Å². The topological polar surface area (TPSA) is 86.1 Å². The molecule has 0 unspecified atom stereocenters. The highest BCUT2D eigenvalue weighted by atomic mass is 16.5. The predicted molar refractivity (Wildman–Crippen MR) is 95.4 cm³/mol. The average Bonchev–Trinajstić information content (AvgIpc) is 3.12. The van der Waals surface area contributed by atoms with Crippen LogP contribution in [-0.2, 0) is 18.3 Å². The summed E-state index contributed by atoms with van der Waals surface area (Å²) in [4.78, 5) is 28.5. The fourth-order valence-electron chi connectivity index (χ4n) is 2.56. The number of rotatable bonds is 5. The maximum Gasteiger partial charge on any atom is 0.338 e. The lowest BCUT2D eigenvalue weighted by Gasteiger charge is -2.09. The van der Waals surface area contributed by atoms with Crippen LogP contribution in [0.2, 0.25) is 0 Å². The Balaban J connectivity index is 1.74. The van der Waals surface area contributed by atoms with Crippen LogP contribution in [0.5, 0.6) is 0 Å². The van der Waals surface area contributed by atoms with Crippen LogP contribution in [0.1, 0.15) is 26.3 Å². The largest absolute Gasteiger partial charge is 0.465 e. The lowest BCUT2D eigenvalue weighted by atomic mass is 10.1. The minimum atomic E-state index is -0.545. The summed E-state index contributed by atoms with van der Waals surface area (Å²) in [6, 6.07) is 8.48. The molecule has 0 saturated heterocycles. The number of nitrogens with one attached hydrogen (secondary N) is 1. The summed E-state index contributed by atoms with van der Waals surface area (Å²) < 4.78 is 6.44. The van der Waals surface area contributed by atoms with Gasteiger partial charge in [-0.3, -0.25) is 14.5 Å². The van der Waals surface area contributed by atoms with Crippen LogP contribution in [0.4, 0.5) is 0 Å². The second-order valence-corrected chi connectivity index (χ2v) is 5.70. The molecule has 0 aliphatic rings. The van der Waals surface area contributed by atoms with Crippen LogP contribution in [0.3, 0.4) is 0 Å². The molecular weight excluding hydrogens is 332 g/mol. The Morgan fingerprint density at radius 2 is 1.88 bits per heavy atom. The van der Waals surface area contributed by atoms with E-state index in [2.05, 4.69) is 15.4 Å². The summed E-state index contributed by atoms with van der Waals surface area (Å²) in [5.41, 5.74) is 3.21. The molecule has 0 spiro atoms. The Bertz CT molecular complexity index is 949. The standard InChI is InChI=1S/C19H18N4O3/c1-23-12-15(11-22-23)14-7-13(8-20-10-14)9-21-18(24)16-5-3-4-6-17(16)19(25)26-2/h3-8,10-12H,9H2,1-2H3,(H,21,24). The molecule has 7 nitrogen and oxygen atoms in total. The zero-order valence-electron chi connectivity index (χ0n) is 14.5. The van der Waals surface area contributed by atoms with Gasteiger partial charge in [0.05, 0.1) is 24.4 Å². The summed E-state index contributed by atoms with van der Waals surface area (Å²) >= 11 is 0. The minimum Gasteiger partial charge on any atom is -0.465 e. The van der Waals surface area contributed by atoms with E-state index >= 15 is 0 Å². The van der Waals surface area contributed by atoms with E-state index < -0.39 is 5.97 Å². The number of pyridine rings is 1. The monoisotopic (exact) mass is 350 g/mol. The molecule has 7 heteroatoms. The molecule has 0 bridgehead atoms. The Hall–Kier alpha value is -3.48. The summed E-state index contributed by atoms with van der Waals surface area (Å²) in [7, 11) is 3.13. The number of hydrogen-bond donors (Lipinski definition) is 1. The fourth-order valence-corrected chi connectivity index (χ4v) is 2.56. The van der Waals surface area contributed by atoms with Gasteiger partial charge in [-0.1, -0.05) is 12.1 Å². The number of carbonyl (C=O) groups excluding carboxylic acids is 2. The molecule has 132 valence electrons. The number of methoxy groups -OCH3 is 1. The third kappa shape index (κ3) is 3.77. The highest BCUT2D eigenvalue weighted by Crippen LogP contribution is 2.18. The molecule has 2 aromatic heterocycles. The Morgan fingerprint density at radius 1 is 1.12 bits per heavy atom. The van der Waals surface area contributed by atoms with Crippen molar-refractivity contribution in [3.63, 3.8) is 0 Å². The number of aromatic nitrogens is 3. The summed E-state index contributed by atoms with van der Waals surface area (Å²) in [5.74, 6) is -0.895. The normalized spacial score (nSPS) is 10.4. The maximum atomic E-state index is 12.5. The SMILES string of the molecule is COC(=O)c1ccccc1C(=O)NCc1cncc(-c2cnn(C)c2)c1. The van der Waals surface area contributed by atoms with Crippen LogP contribution < -0.4 is 5.32 Å². The molecule has 2 heterocycles. The Kier molecular flexibility index (Phi) is 5.07. The van der Waals surface area contributed by atoms with Gasteiger partial charge in [0.2, 0.25) is 0 Å². The molecule has 26 heavy (non-hydrogen) atoms. The lowest BCUT2D eigenvalue weighted by molar-refractivity contribution is 0.0596. The molecule has 0 fully saturated rings. The maximum absolute atomic E-state index is 12.5. The van der Waals surface area contributed by atoms with Gasteiger partial charge in [0, 0.05) is 43.3 Å². The van der Waals surface area contributed by atoms with Gasteiger partial charge in [-0.25, -0.2) is 4.79 Å². The van der Waals surface area contributed by atoms with Crippen LogP contribution in [0.25, 0.3) is 11.1 Å². The first-order valence-corrected chi connectivity index (χ1v) is 7.97. The van der Waals surface area contributed by atoms with Crippen molar-refractivity contribution in [3.05, 3.63) is 71.8 Å². The van der Waals surface area contributed by atoms with E-state index in [-0.39, 0.29) is 23.6 Å².